The van der Waals surface area contributed by atoms with E-state index in [0.29, 0.717) is 25.0 Å². The zero-order chi connectivity index (χ0) is 14.7. The van der Waals surface area contributed by atoms with Crippen LogP contribution >= 0.6 is 11.6 Å². The summed E-state index contributed by atoms with van der Waals surface area (Å²) in [6.07, 6.45) is 1.83. The highest BCUT2D eigenvalue weighted by Crippen LogP contribution is 2.27. The lowest BCUT2D eigenvalue weighted by atomic mass is 10.0. The fourth-order valence-electron chi connectivity index (χ4n) is 2.40. The van der Waals surface area contributed by atoms with Gasteiger partial charge in [0.25, 0.3) is 0 Å². The molecule has 1 unspecified atom stereocenters. The molecule has 0 aliphatic carbocycles. The molecular formula is C15H22ClN3O. The molecule has 2 heterocycles. The third-order valence-electron chi connectivity index (χ3n) is 3.57. The van der Waals surface area contributed by atoms with Gasteiger partial charge in [0.15, 0.2) is 5.65 Å². The number of aryl methyl sites for hydroxylation is 1. The van der Waals surface area contributed by atoms with E-state index in [2.05, 4.69) is 28.4 Å². The van der Waals surface area contributed by atoms with Crippen molar-refractivity contribution in [3.63, 3.8) is 0 Å². The molecule has 0 aliphatic rings. The second-order valence-corrected chi connectivity index (χ2v) is 5.57. The fraction of sp³-hybridized carbons (Fsp3) is 0.600. The number of aromatic nitrogens is 3. The van der Waals surface area contributed by atoms with Crippen molar-refractivity contribution in [3.05, 3.63) is 23.7 Å². The molecule has 1 atom stereocenters. The topological polar surface area (TPSA) is 39.9 Å². The van der Waals surface area contributed by atoms with Gasteiger partial charge < -0.3 is 9.30 Å². The zero-order valence-electron chi connectivity index (χ0n) is 12.6. The molecule has 0 N–H and O–H groups in total. The number of ether oxygens (including phenoxy) is 1. The Labute approximate surface area is 125 Å². The number of pyridine rings is 1. The van der Waals surface area contributed by atoms with E-state index >= 15 is 0 Å². The van der Waals surface area contributed by atoms with E-state index in [1.54, 1.807) is 0 Å². The van der Waals surface area contributed by atoms with Gasteiger partial charge in [-0.3, -0.25) is 0 Å². The van der Waals surface area contributed by atoms with Crippen LogP contribution in [0.3, 0.4) is 0 Å². The predicted molar refractivity (Wildman–Crippen MR) is 82.2 cm³/mol. The average molecular weight is 296 g/mol. The van der Waals surface area contributed by atoms with E-state index in [9.17, 15) is 0 Å². The van der Waals surface area contributed by atoms with Crippen molar-refractivity contribution in [1.82, 2.24) is 14.5 Å². The maximum atomic E-state index is 6.09. The fourth-order valence-corrected chi connectivity index (χ4v) is 2.59. The quantitative estimate of drug-likeness (QED) is 0.763. The van der Waals surface area contributed by atoms with Gasteiger partial charge in [0.1, 0.15) is 11.3 Å². The van der Waals surface area contributed by atoms with Crippen LogP contribution in [0.1, 0.15) is 38.2 Å². The minimum atomic E-state index is 0.197. The molecule has 0 spiro atoms. The van der Waals surface area contributed by atoms with Crippen LogP contribution in [0.4, 0.5) is 0 Å². The molecule has 0 aromatic carbocycles. The molecule has 20 heavy (non-hydrogen) atoms. The first-order valence-corrected chi connectivity index (χ1v) is 7.59. The molecule has 2 aromatic heterocycles. The third kappa shape index (κ3) is 2.81. The zero-order valence-corrected chi connectivity index (χ0v) is 13.3. The number of rotatable bonds is 6. The Hall–Kier alpha value is -1.13. The number of imidazole rings is 1. The summed E-state index contributed by atoms with van der Waals surface area (Å²) in [7, 11) is 0. The number of nitrogens with zero attached hydrogens (tertiary/aromatic N) is 3. The smallest absolute Gasteiger partial charge is 0.160 e. The Bertz CT molecular complexity index is 580. The standard InChI is InChI=1S/C15H22ClN3O/c1-5-20-9-12(10(2)3)19-13(8-16)18-14-11(4)6-7-17-15(14)19/h6-7,10,12H,5,8-9H2,1-4H3. The lowest BCUT2D eigenvalue weighted by molar-refractivity contribution is 0.0968. The molecule has 0 amide bonds. The first-order chi connectivity index (χ1) is 9.60. The largest absolute Gasteiger partial charge is 0.380 e. The first-order valence-electron chi connectivity index (χ1n) is 7.06. The summed E-state index contributed by atoms with van der Waals surface area (Å²) in [6.45, 7) is 9.78. The lowest BCUT2D eigenvalue weighted by Gasteiger charge is -2.24. The van der Waals surface area contributed by atoms with Crippen molar-refractivity contribution in [3.8, 4) is 0 Å². The normalized spacial score (nSPS) is 13.3. The second-order valence-electron chi connectivity index (χ2n) is 5.30. The molecule has 0 saturated heterocycles. The highest BCUT2D eigenvalue weighted by Gasteiger charge is 2.23. The van der Waals surface area contributed by atoms with Crippen LogP contribution in [0.5, 0.6) is 0 Å². The SMILES string of the molecule is CCOCC(C(C)C)n1c(CCl)nc2c(C)ccnc21. The van der Waals surface area contributed by atoms with Gasteiger partial charge in [-0.25, -0.2) is 9.97 Å². The van der Waals surface area contributed by atoms with Crippen molar-refractivity contribution in [2.75, 3.05) is 13.2 Å². The Kier molecular flexibility index (Phi) is 5.00. The molecule has 0 saturated carbocycles. The van der Waals surface area contributed by atoms with Gasteiger partial charge in [-0.05, 0) is 31.4 Å². The van der Waals surface area contributed by atoms with Crippen LogP contribution in [0.25, 0.3) is 11.2 Å². The Morgan fingerprint density at radius 2 is 2.15 bits per heavy atom. The van der Waals surface area contributed by atoms with Crippen molar-refractivity contribution in [2.24, 2.45) is 5.92 Å². The van der Waals surface area contributed by atoms with Crippen molar-refractivity contribution >= 4 is 22.8 Å². The Morgan fingerprint density at radius 1 is 1.40 bits per heavy atom. The van der Waals surface area contributed by atoms with E-state index < -0.39 is 0 Å². The number of hydrogen-bond donors (Lipinski definition) is 0. The van der Waals surface area contributed by atoms with Crippen molar-refractivity contribution in [2.45, 2.75) is 39.6 Å². The van der Waals surface area contributed by atoms with Crippen LogP contribution in [-0.4, -0.2) is 27.7 Å². The summed E-state index contributed by atoms with van der Waals surface area (Å²) in [5.41, 5.74) is 2.96. The van der Waals surface area contributed by atoms with Crippen LogP contribution in [0.2, 0.25) is 0 Å². The highest BCUT2D eigenvalue weighted by molar-refractivity contribution is 6.16. The number of halogens is 1. The summed E-state index contributed by atoms with van der Waals surface area (Å²) in [5.74, 6) is 1.66. The van der Waals surface area contributed by atoms with Gasteiger partial charge in [-0.15, -0.1) is 11.6 Å². The predicted octanol–water partition coefficient (Wildman–Crippen LogP) is 3.71. The van der Waals surface area contributed by atoms with Crippen LogP contribution in [-0.2, 0) is 10.6 Å². The first kappa shape index (κ1) is 15.3. The molecule has 0 aliphatic heterocycles. The van der Waals surface area contributed by atoms with Gasteiger partial charge in [-0.2, -0.15) is 0 Å². The summed E-state index contributed by atoms with van der Waals surface area (Å²) >= 11 is 6.09. The molecule has 5 heteroatoms. The maximum absolute atomic E-state index is 6.09. The Morgan fingerprint density at radius 3 is 2.75 bits per heavy atom. The van der Waals surface area contributed by atoms with Crippen LogP contribution in [0.15, 0.2) is 12.3 Å². The number of hydrogen-bond acceptors (Lipinski definition) is 3. The lowest BCUT2D eigenvalue weighted by Crippen LogP contribution is -2.23. The van der Waals surface area contributed by atoms with E-state index in [0.717, 1.165) is 22.6 Å². The van der Waals surface area contributed by atoms with E-state index in [-0.39, 0.29) is 6.04 Å². The summed E-state index contributed by atoms with van der Waals surface area (Å²) in [6, 6.07) is 2.17. The molecule has 4 nitrogen and oxygen atoms in total. The molecule has 0 fully saturated rings. The minimum Gasteiger partial charge on any atom is -0.380 e. The molecule has 0 radical (unpaired) electrons. The van der Waals surface area contributed by atoms with Gasteiger partial charge in [0.05, 0.1) is 18.5 Å². The molecular weight excluding hydrogens is 274 g/mol. The van der Waals surface area contributed by atoms with E-state index in [1.165, 1.54) is 0 Å². The third-order valence-corrected chi connectivity index (χ3v) is 3.81. The number of alkyl halides is 1. The van der Waals surface area contributed by atoms with Gasteiger partial charge in [-0.1, -0.05) is 13.8 Å². The van der Waals surface area contributed by atoms with E-state index in [1.807, 2.05) is 26.1 Å². The maximum Gasteiger partial charge on any atom is 0.160 e. The Balaban J connectivity index is 2.57. The van der Waals surface area contributed by atoms with E-state index in [4.69, 9.17) is 16.3 Å². The molecule has 2 rings (SSSR count). The van der Waals surface area contributed by atoms with Crippen LogP contribution < -0.4 is 0 Å². The summed E-state index contributed by atoms with van der Waals surface area (Å²) < 4.78 is 7.79. The van der Waals surface area contributed by atoms with Gasteiger partial charge >= 0.3 is 0 Å². The average Bonchev–Trinajstić information content (AvgIpc) is 2.79. The van der Waals surface area contributed by atoms with Crippen LogP contribution in [0, 0.1) is 12.8 Å². The van der Waals surface area contributed by atoms with Gasteiger partial charge in [0.2, 0.25) is 0 Å². The summed E-state index contributed by atoms with van der Waals surface area (Å²) in [4.78, 5) is 9.16. The minimum absolute atomic E-state index is 0.197. The van der Waals surface area contributed by atoms with Crippen molar-refractivity contribution < 1.29 is 4.74 Å². The summed E-state index contributed by atoms with van der Waals surface area (Å²) in [5, 5.41) is 0. The monoisotopic (exact) mass is 295 g/mol. The molecule has 110 valence electrons. The molecule has 0 bridgehead atoms. The second kappa shape index (κ2) is 6.55. The molecule has 2 aromatic rings. The highest BCUT2D eigenvalue weighted by atomic mass is 35.5. The van der Waals surface area contributed by atoms with Gasteiger partial charge in [0, 0.05) is 12.8 Å². The number of fused-ring (bicyclic) bond motifs is 1. The van der Waals surface area contributed by atoms with Crippen molar-refractivity contribution in [1.29, 1.82) is 0 Å².